The molecule has 0 aromatic heterocycles. The number of anilines is 2. The molecule has 26 heavy (non-hydrogen) atoms. The SMILES string of the molecule is C/C(=C\c1cc(N)cc(N)c1)C(=O)Oc1ccc(-c2ccccc2)cc1. The van der Waals surface area contributed by atoms with Crippen LogP contribution in [0.15, 0.2) is 78.4 Å². The zero-order valence-electron chi connectivity index (χ0n) is 14.5. The van der Waals surface area contributed by atoms with Crippen LogP contribution in [-0.2, 0) is 4.79 Å². The molecule has 4 N–H and O–H groups in total. The third-order valence-electron chi connectivity index (χ3n) is 3.88. The van der Waals surface area contributed by atoms with Gasteiger partial charge in [0.25, 0.3) is 0 Å². The molecule has 0 aliphatic carbocycles. The van der Waals surface area contributed by atoms with Gasteiger partial charge in [0.05, 0.1) is 0 Å². The van der Waals surface area contributed by atoms with Crippen LogP contribution in [0, 0.1) is 0 Å². The van der Waals surface area contributed by atoms with E-state index >= 15 is 0 Å². The minimum atomic E-state index is -0.418. The number of carbonyl (C=O) groups is 1. The fourth-order valence-electron chi connectivity index (χ4n) is 2.63. The highest BCUT2D eigenvalue weighted by molar-refractivity contribution is 5.94. The van der Waals surface area contributed by atoms with E-state index < -0.39 is 5.97 Å². The minimum absolute atomic E-state index is 0.418. The fraction of sp³-hybridized carbons (Fsp3) is 0.0455. The molecular formula is C22H20N2O2. The number of esters is 1. The molecule has 0 radical (unpaired) electrons. The predicted molar refractivity (Wildman–Crippen MR) is 106 cm³/mol. The van der Waals surface area contributed by atoms with Gasteiger partial charge in [-0.2, -0.15) is 0 Å². The summed E-state index contributed by atoms with van der Waals surface area (Å²) >= 11 is 0. The highest BCUT2D eigenvalue weighted by Gasteiger charge is 2.08. The Kier molecular flexibility index (Phi) is 5.04. The number of nitrogen functional groups attached to an aromatic ring is 2. The van der Waals surface area contributed by atoms with E-state index in [1.807, 2.05) is 42.5 Å². The van der Waals surface area contributed by atoms with Crippen LogP contribution < -0.4 is 16.2 Å². The lowest BCUT2D eigenvalue weighted by Crippen LogP contribution is -2.09. The van der Waals surface area contributed by atoms with E-state index in [0.717, 1.165) is 16.7 Å². The third kappa shape index (κ3) is 4.30. The molecule has 0 fully saturated rings. The quantitative estimate of drug-likeness (QED) is 0.315. The summed E-state index contributed by atoms with van der Waals surface area (Å²) in [5, 5.41) is 0. The number of ether oxygens (including phenoxy) is 1. The second-order valence-corrected chi connectivity index (χ2v) is 6.04. The maximum Gasteiger partial charge on any atom is 0.339 e. The molecule has 3 rings (SSSR count). The Morgan fingerprint density at radius 3 is 2.04 bits per heavy atom. The average molecular weight is 344 g/mol. The van der Waals surface area contributed by atoms with Crippen molar-refractivity contribution < 1.29 is 9.53 Å². The van der Waals surface area contributed by atoms with Crippen LogP contribution in [0.4, 0.5) is 11.4 Å². The van der Waals surface area contributed by atoms with Crippen LogP contribution in [-0.4, -0.2) is 5.97 Å². The first kappa shape index (κ1) is 17.3. The van der Waals surface area contributed by atoms with Crippen molar-refractivity contribution in [3.8, 4) is 16.9 Å². The molecule has 4 heteroatoms. The standard InChI is InChI=1S/C22H20N2O2/c1-15(11-16-12-19(23)14-20(24)13-16)22(25)26-21-9-7-18(8-10-21)17-5-3-2-4-6-17/h2-14H,23-24H2,1H3/b15-11+. The largest absolute Gasteiger partial charge is 0.423 e. The number of carbonyl (C=O) groups excluding carboxylic acids is 1. The summed E-state index contributed by atoms with van der Waals surface area (Å²) in [5.74, 6) is 0.0768. The molecule has 0 amide bonds. The fourth-order valence-corrected chi connectivity index (χ4v) is 2.63. The van der Waals surface area contributed by atoms with Gasteiger partial charge in [-0.05, 0) is 60.0 Å². The lowest BCUT2D eigenvalue weighted by molar-refractivity contribution is -0.130. The van der Waals surface area contributed by atoms with Gasteiger partial charge in [0.2, 0.25) is 0 Å². The van der Waals surface area contributed by atoms with Crippen molar-refractivity contribution in [3.05, 3.63) is 83.9 Å². The van der Waals surface area contributed by atoms with E-state index in [0.29, 0.717) is 22.7 Å². The van der Waals surface area contributed by atoms with E-state index in [-0.39, 0.29) is 0 Å². The first-order chi connectivity index (χ1) is 12.5. The minimum Gasteiger partial charge on any atom is -0.423 e. The van der Waals surface area contributed by atoms with E-state index in [4.69, 9.17) is 16.2 Å². The molecular weight excluding hydrogens is 324 g/mol. The Morgan fingerprint density at radius 2 is 1.42 bits per heavy atom. The zero-order chi connectivity index (χ0) is 18.5. The monoisotopic (exact) mass is 344 g/mol. The Balaban J connectivity index is 1.72. The van der Waals surface area contributed by atoms with Gasteiger partial charge in [0, 0.05) is 16.9 Å². The number of benzene rings is 3. The molecule has 0 unspecified atom stereocenters. The van der Waals surface area contributed by atoms with Crippen molar-refractivity contribution >= 4 is 23.4 Å². The number of rotatable bonds is 4. The molecule has 0 aliphatic rings. The number of hydrogen-bond donors (Lipinski definition) is 2. The predicted octanol–water partition coefficient (Wildman–Crippen LogP) is 4.53. The summed E-state index contributed by atoms with van der Waals surface area (Å²) in [6.45, 7) is 1.69. The van der Waals surface area contributed by atoms with Crippen molar-refractivity contribution in [2.45, 2.75) is 6.92 Å². The van der Waals surface area contributed by atoms with Gasteiger partial charge in [-0.15, -0.1) is 0 Å². The van der Waals surface area contributed by atoms with Crippen LogP contribution in [0.1, 0.15) is 12.5 Å². The summed E-state index contributed by atoms with van der Waals surface area (Å²) in [6, 6.07) is 22.6. The number of hydrogen-bond acceptors (Lipinski definition) is 4. The van der Waals surface area contributed by atoms with Crippen LogP contribution in [0.3, 0.4) is 0 Å². The van der Waals surface area contributed by atoms with Gasteiger partial charge in [0.1, 0.15) is 5.75 Å². The van der Waals surface area contributed by atoms with E-state index in [1.54, 1.807) is 43.3 Å². The maximum absolute atomic E-state index is 12.3. The summed E-state index contributed by atoms with van der Waals surface area (Å²) in [5.41, 5.74) is 16.0. The van der Waals surface area contributed by atoms with Crippen LogP contribution in [0.5, 0.6) is 5.75 Å². The third-order valence-corrected chi connectivity index (χ3v) is 3.88. The van der Waals surface area contributed by atoms with Gasteiger partial charge in [0.15, 0.2) is 0 Å². The summed E-state index contributed by atoms with van der Waals surface area (Å²) in [7, 11) is 0. The molecule has 3 aromatic carbocycles. The Morgan fingerprint density at radius 1 is 0.846 bits per heavy atom. The zero-order valence-corrected chi connectivity index (χ0v) is 14.5. The van der Waals surface area contributed by atoms with E-state index in [1.165, 1.54) is 0 Å². The van der Waals surface area contributed by atoms with Crippen molar-refractivity contribution in [1.29, 1.82) is 0 Å². The molecule has 0 aliphatic heterocycles. The second kappa shape index (κ2) is 7.57. The summed E-state index contributed by atoms with van der Waals surface area (Å²) < 4.78 is 5.43. The van der Waals surface area contributed by atoms with Crippen LogP contribution in [0.25, 0.3) is 17.2 Å². The topological polar surface area (TPSA) is 78.3 Å². The average Bonchev–Trinajstić information content (AvgIpc) is 2.62. The van der Waals surface area contributed by atoms with E-state index in [9.17, 15) is 4.79 Å². The highest BCUT2D eigenvalue weighted by atomic mass is 16.5. The molecule has 0 bridgehead atoms. The molecule has 0 saturated carbocycles. The molecule has 130 valence electrons. The van der Waals surface area contributed by atoms with Crippen molar-refractivity contribution in [3.63, 3.8) is 0 Å². The van der Waals surface area contributed by atoms with Crippen molar-refractivity contribution in [2.24, 2.45) is 0 Å². The molecule has 0 heterocycles. The molecule has 0 spiro atoms. The summed E-state index contributed by atoms with van der Waals surface area (Å²) in [4.78, 5) is 12.3. The second-order valence-electron chi connectivity index (χ2n) is 6.04. The van der Waals surface area contributed by atoms with E-state index in [2.05, 4.69) is 0 Å². The first-order valence-electron chi connectivity index (χ1n) is 8.23. The maximum atomic E-state index is 12.3. The summed E-state index contributed by atoms with van der Waals surface area (Å²) in [6.07, 6.45) is 1.70. The van der Waals surface area contributed by atoms with Crippen LogP contribution >= 0.6 is 0 Å². The van der Waals surface area contributed by atoms with Gasteiger partial charge in [-0.3, -0.25) is 0 Å². The van der Waals surface area contributed by atoms with Crippen molar-refractivity contribution in [1.82, 2.24) is 0 Å². The van der Waals surface area contributed by atoms with Crippen molar-refractivity contribution in [2.75, 3.05) is 11.5 Å². The number of nitrogens with two attached hydrogens (primary N) is 2. The normalized spacial score (nSPS) is 11.2. The molecule has 0 atom stereocenters. The smallest absolute Gasteiger partial charge is 0.339 e. The lowest BCUT2D eigenvalue weighted by atomic mass is 10.1. The van der Waals surface area contributed by atoms with Crippen LogP contribution in [0.2, 0.25) is 0 Å². The molecule has 4 nitrogen and oxygen atoms in total. The molecule has 3 aromatic rings. The van der Waals surface area contributed by atoms with Gasteiger partial charge < -0.3 is 16.2 Å². The van der Waals surface area contributed by atoms with Gasteiger partial charge in [-0.25, -0.2) is 4.79 Å². The first-order valence-corrected chi connectivity index (χ1v) is 8.23. The van der Waals surface area contributed by atoms with Gasteiger partial charge >= 0.3 is 5.97 Å². The Bertz CT molecular complexity index is 925. The Hall–Kier alpha value is -3.53. The van der Waals surface area contributed by atoms with Gasteiger partial charge in [-0.1, -0.05) is 42.5 Å². The Labute approximate surface area is 152 Å². The molecule has 0 saturated heterocycles. The highest BCUT2D eigenvalue weighted by Crippen LogP contribution is 2.23. The lowest BCUT2D eigenvalue weighted by Gasteiger charge is -2.07.